The summed E-state index contributed by atoms with van der Waals surface area (Å²) >= 11 is 0. The molecule has 4 aromatic carbocycles. The summed E-state index contributed by atoms with van der Waals surface area (Å²) in [6, 6.07) is 21.5. The molecule has 0 saturated carbocycles. The van der Waals surface area contributed by atoms with Crippen LogP contribution in [0.3, 0.4) is 0 Å². The summed E-state index contributed by atoms with van der Waals surface area (Å²) in [4.78, 5) is 9.42. The molecule has 0 aliphatic heterocycles. The first kappa shape index (κ1) is 31.5. The molecule has 0 spiro atoms. The van der Waals surface area contributed by atoms with Gasteiger partial charge in [0, 0.05) is 17.8 Å². The number of benzene rings is 4. The van der Waals surface area contributed by atoms with E-state index in [1.165, 1.54) is 18.2 Å². The van der Waals surface area contributed by atoms with E-state index >= 15 is 0 Å². The van der Waals surface area contributed by atoms with E-state index in [2.05, 4.69) is 15.5 Å². The van der Waals surface area contributed by atoms with E-state index in [4.69, 9.17) is 4.18 Å². The Morgan fingerprint density at radius 3 is 2.05 bits per heavy atom. The van der Waals surface area contributed by atoms with Gasteiger partial charge in [0.05, 0.1) is 26.9 Å². The Labute approximate surface area is 272 Å². The quantitative estimate of drug-likeness (QED) is 0.0748. The van der Waals surface area contributed by atoms with Gasteiger partial charge in [-0.25, -0.2) is 8.42 Å². The van der Waals surface area contributed by atoms with Crippen molar-refractivity contribution in [3.05, 3.63) is 107 Å². The van der Waals surface area contributed by atoms with Crippen LogP contribution in [0.2, 0.25) is 0 Å². The minimum Gasteiger partial charge on any atom is -0.744 e. The van der Waals surface area contributed by atoms with Gasteiger partial charge in [-0.1, -0.05) is 18.2 Å². The summed E-state index contributed by atoms with van der Waals surface area (Å²) in [5.74, 6) is 0.152. The summed E-state index contributed by atoms with van der Waals surface area (Å²) in [6.45, 7) is 1.67. The van der Waals surface area contributed by atoms with Crippen molar-refractivity contribution in [2.24, 2.45) is 10.2 Å². The minimum atomic E-state index is -4.98. The molecule has 12 nitrogen and oxygen atoms in total. The minimum absolute atomic E-state index is 0. The van der Waals surface area contributed by atoms with E-state index < -0.39 is 35.7 Å². The van der Waals surface area contributed by atoms with Gasteiger partial charge in [0.15, 0.2) is 0 Å². The second-order valence-electron chi connectivity index (χ2n) is 8.06. The van der Waals surface area contributed by atoms with Gasteiger partial charge in [0.2, 0.25) is 0 Å². The molecule has 0 bridgehead atoms. The molecule has 0 aliphatic carbocycles. The van der Waals surface area contributed by atoms with Gasteiger partial charge in [-0.15, -0.1) is 0 Å². The number of hydrogen-bond acceptors (Lipinski definition) is 11. The molecule has 4 rings (SSSR count). The average molecular weight is 607 g/mol. The Balaban J connectivity index is 0.00000441. The van der Waals surface area contributed by atoms with Crippen LogP contribution in [0, 0.1) is 17.0 Å². The smallest absolute Gasteiger partial charge is 0.744 e. The standard InChI is InChI=1S/C25H20N4O8S2.K/c1-17-15-20(11-14-24(17)37-39(35,36)22-5-3-2-4-6-22)28-27-19-9-7-18(8-10-19)26-23-13-12-21(29(30)31)16-25(23)38(32,33)34;/h2-16,26H,1H3,(H,32,33,34);/q;+1/p-1. The Kier molecular flexibility index (Phi) is 10.3. The Bertz CT molecular complexity index is 1780. The van der Waals surface area contributed by atoms with E-state index in [0.717, 1.165) is 12.1 Å². The number of nitro groups is 1. The number of aryl methyl sites for hydroxylation is 1. The number of nitrogens with one attached hydrogen (secondary N) is 1. The fourth-order valence-corrected chi connectivity index (χ4v) is 5.02. The van der Waals surface area contributed by atoms with Gasteiger partial charge in [-0.3, -0.25) is 10.1 Å². The Hall–Kier alpha value is -3.02. The zero-order chi connectivity index (χ0) is 28.2. The maximum Gasteiger partial charge on any atom is 1.00 e. The van der Waals surface area contributed by atoms with E-state index in [1.807, 2.05) is 0 Å². The average Bonchev–Trinajstić information content (AvgIpc) is 2.89. The molecule has 1 N–H and O–H groups in total. The van der Waals surface area contributed by atoms with Crippen molar-refractivity contribution in [2.45, 2.75) is 16.7 Å². The first-order valence-corrected chi connectivity index (χ1v) is 13.9. The zero-order valence-corrected chi connectivity index (χ0v) is 25.8. The SMILES string of the molecule is Cc1cc(N=Nc2ccc(Nc3ccc([N+](=O)[O-])cc3S(=O)(=O)[O-])cc2)ccc1OS(=O)(=O)c1ccccc1.[K+]. The predicted molar refractivity (Wildman–Crippen MR) is 140 cm³/mol. The van der Waals surface area contributed by atoms with Crippen molar-refractivity contribution in [2.75, 3.05) is 5.32 Å². The van der Waals surface area contributed by atoms with Crippen LogP contribution in [0.25, 0.3) is 0 Å². The molecular formula is C25H19KN4O8S2. The van der Waals surface area contributed by atoms with Crippen LogP contribution >= 0.6 is 0 Å². The van der Waals surface area contributed by atoms with Crippen LogP contribution < -0.4 is 60.9 Å². The topological polar surface area (TPSA) is 180 Å². The Morgan fingerprint density at radius 1 is 0.825 bits per heavy atom. The van der Waals surface area contributed by atoms with Gasteiger partial charge in [-0.05, 0) is 73.2 Å². The van der Waals surface area contributed by atoms with Crippen molar-refractivity contribution < 1.29 is 81.9 Å². The fourth-order valence-electron chi connectivity index (χ4n) is 3.36. The van der Waals surface area contributed by atoms with E-state index in [1.54, 1.807) is 61.5 Å². The number of azo groups is 1. The van der Waals surface area contributed by atoms with E-state index in [9.17, 15) is 31.5 Å². The van der Waals surface area contributed by atoms with Crippen LogP contribution in [-0.2, 0) is 20.2 Å². The molecule has 0 amide bonds. The summed E-state index contributed by atoms with van der Waals surface area (Å²) < 4.78 is 64.9. The van der Waals surface area contributed by atoms with Crippen LogP contribution in [0.5, 0.6) is 5.75 Å². The maximum absolute atomic E-state index is 12.5. The number of rotatable bonds is 9. The van der Waals surface area contributed by atoms with Gasteiger partial charge < -0.3 is 14.1 Å². The molecule has 200 valence electrons. The van der Waals surface area contributed by atoms with E-state index in [-0.39, 0.29) is 67.7 Å². The molecular weight excluding hydrogens is 588 g/mol. The first-order valence-electron chi connectivity index (χ1n) is 11.1. The van der Waals surface area contributed by atoms with Crippen molar-refractivity contribution in [3.8, 4) is 5.75 Å². The van der Waals surface area contributed by atoms with Crippen LogP contribution in [0.4, 0.5) is 28.4 Å². The van der Waals surface area contributed by atoms with Crippen molar-refractivity contribution in [3.63, 3.8) is 0 Å². The molecule has 15 heteroatoms. The van der Waals surface area contributed by atoms with Gasteiger partial charge in [0.25, 0.3) is 5.69 Å². The summed E-state index contributed by atoms with van der Waals surface area (Å²) in [5, 5.41) is 21.9. The van der Waals surface area contributed by atoms with Crippen LogP contribution in [-0.4, -0.2) is 26.3 Å². The van der Waals surface area contributed by atoms with Crippen LogP contribution in [0.15, 0.2) is 111 Å². The monoisotopic (exact) mass is 606 g/mol. The molecule has 0 fully saturated rings. The zero-order valence-electron chi connectivity index (χ0n) is 21.1. The summed E-state index contributed by atoms with van der Waals surface area (Å²) in [6.07, 6.45) is 0. The number of hydrogen-bond donors (Lipinski definition) is 1. The third-order valence-electron chi connectivity index (χ3n) is 5.26. The molecule has 0 heterocycles. The fraction of sp³-hybridized carbons (Fsp3) is 0.0400. The van der Waals surface area contributed by atoms with E-state index in [0.29, 0.717) is 28.7 Å². The second-order valence-corrected chi connectivity index (χ2v) is 11.0. The van der Waals surface area contributed by atoms with Gasteiger partial charge >= 0.3 is 61.5 Å². The molecule has 0 saturated heterocycles. The third-order valence-corrected chi connectivity index (χ3v) is 7.39. The van der Waals surface area contributed by atoms with Crippen LogP contribution in [0.1, 0.15) is 5.56 Å². The molecule has 0 aliphatic rings. The predicted octanol–water partition coefficient (Wildman–Crippen LogP) is 2.74. The number of nitro benzene ring substituents is 1. The summed E-state index contributed by atoms with van der Waals surface area (Å²) in [7, 11) is -8.97. The number of non-ortho nitro benzene ring substituents is 1. The van der Waals surface area contributed by atoms with Gasteiger partial charge in [0.1, 0.15) is 20.8 Å². The second kappa shape index (κ2) is 13.1. The van der Waals surface area contributed by atoms with Crippen molar-refractivity contribution in [1.82, 2.24) is 0 Å². The number of anilines is 2. The molecule has 0 radical (unpaired) electrons. The molecule has 0 aromatic heterocycles. The molecule has 4 aromatic rings. The molecule has 0 unspecified atom stereocenters. The van der Waals surface area contributed by atoms with Crippen molar-refractivity contribution in [1.29, 1.82) is 0 Å². The summed E-state index contributed by atoms with van der Waals surface area (Å²) in [5.41, 5.74) is 1.15. The Morgan fingerprint density at radius 2 is 1.45 bits per heavy atom. The molecule has 0 atom stereocenters. The van der Waals surface area contributed by atoms with Crippen molar-refractivity contribution >= 4 is 48.7 Å². The van der Waals surface area contributed by atoms with Gasteiger partial charge in [-0.2, -0.15) is 18.6 Å². The normalized spacial score (nSPS) is 11.6. The number of nitrogens with zero attached hydrogens (tertiary/aromatic N) is 3. The maximum atomic E-state index is 12.5. The largest absolute Gasteiger partial charge is 1.00 e. The third kappa shape index (κ3) is 8.01. The first-order chi connectivity index (χ1) is 18.4. The molecule has 40 heavy (non-hydrogen) atoms.